The lowest BCUT2D eigenvalue weighted by Gasteiger charge is -2.23. The summed E-state index contributed by atoms with van der Waals surface area (Å²) in [5, 5.41) is 3.26. The Labute approximate surface area is 107 Å². The van der Waals surface area contributed by atoms with Crippen LogP contribution < -0.4 is 5.01 Å². The van der Waals surface area contributed by atoms with E-state index >= 15 is 0 Å². The second kappa shape index (κ2) is 5.27. The molecular formula is C13H17N3S. The van der Waals surface area contributed by atoms with Gasteiger partial charge in [-0.05, 0) is 30.7 Å². The van der Waals surface area contributed by atoms with Crippen LogP contribution >= 0.6 is 12.2 Å². The number of rotatable bonds is 4. The second-order valence-electron chi connectivity index (χ2n) is 4.13. The number of hydrogen-bond donors (Lipinski definition) is 0. The number of pyridine rings is 2. The molecular weight excluding hydrogens is 230 g/mol. The van der Waals surface area contributed by atoms with E-state index in [9.17, 15) is 0 Å². The zero-order valence-corrected chi connectivity index (χ0v) is 11.1. The summed E-state index contributed by atoms with van der Waals surface area (Å²) >= 11 is 5.39. The molecule has 0 aromatic carbocycles. The molecule has 0 fully saturated rings. The van der Waals surface area contributed by atoms with Crippen molar-refractivity contribution in [1.29, 1.82) is 0 Å². The van der Waals surface area contributed by atoms with Crippen LogP contribution in [0.5, 0.6) is 0 Å². The maximum absolute atomic E-state index is 5.39. The highest BCUT2D eigenvalue weighted by Gasteiger charge is 2.05. The van der Waals surface area contributed by atoms with Crippen molar-refractivity contribution in [3.63, 3.8) is 0 Å². The molecule has 0 spiro atoms. The van der Waals surface area contributed by atoms with E-state index in [-0.39, 0.29) is 0 Å². The Balaban J connectivity index is 2.51. The largest absolute Gasteiger partial charge is 0.313 e. The van der Waals surface area contributed by atoms with Gasteiger partial charge >= 0.3 is 0 Å². The van der Waals surface area contributed by atoms with Gasteiger partial charge in [-0.15, -0.1) is 0 Å². The van der Waals surface area contributed by atoms with Crippen LogP contribution in [0.3, 0.4) is 0 Å². The molecule has 0 N–H and O–H groups in total. The predicted octanol–water partition coefficient (Wildman–Crippen LogP) is 3.13. The second-order valence-corrected chi connectivity index (χ2v) is 4.55. The van der Waals surface area contributed by atoms with Gasteiger partial charge < -0.3 is 5.01 Å². The first-order valence-electron chi connectivity index (χ1n) is 5.92. The minimum Gasteiger partial charge on any atom is -0.313 e. The quantitative estimate of drug-likeness (QED) is 0.775. The van der Waals surface area contributed by atoms with Crippen molar-refractivity contribution in [2.75, 3.05) is 18.6 Å². The molecule has 0 radical (unpaired) electrons. The number of hydrogen-bond acceptors (Lipinski definition) is 3. The Morgan fingerprint density at radius 3 is 2.94 bits per heavy atom. The molecule has 0 unspecified atom stereocenters. The average molecular weight is 247 g/mol. The highest BCUT2D eigenvalue weighted by molar-refractivity contribution is 7.71. The third-order valence-electron chi connectivity index (χ3n) is 2.81. The Morgan fingerprint density at radius 1 is 1.35 bits per heavy atom. The fourth-order valence-electron chi connectivity index (χ4n) is 1.87. The van der Waals surface area contributed by atoms with Crippen LogP contribution in [0.1, 0.15) is 19.8 Å². The molecule has 4 heteroatoms. The first-order valence-corrected chi connectivity index (χ1v) is 6.33. The third-order valence-corrected chi connectivity index (χ3v) is 3.12. The highest BCUT2D eigenvalue weighted by atomic mass is 32.1. The van der Waals surface area contributed by atoms with Crippen molar-refractivity contribution >= 4 is 23.3 Å². The fraction of sp³-hybridized carbons (Fsp3) is 0.385. The van der Waals surface area contributed by atoms with Gasteiger partial charge in [0.05, 0.1) is 0 Å². The summed E-state index contributed by atoms with van der Waals surface area (Å²) in [5.74, 6) is 0. The van der Waals surface area contributed by atoms with Crippen LogP contribution in [0, 0.1) is 4.64 Å². The number of aromatic nitrogens is 2. The van der Waals surface area contributed by atoms with Crippen LogP contribution in [-0.4, -0.2) is 23.3 Å². The Bertz CT molecular complexity index is 562. The maximum Gasteiger partial charge on any atom is 0.159 e. The van der Waals surface area contributed by atoms with Gasteiger partial charge in [-0.2, -0.15) is 0 Å². The molecule has 2 rings (SSSR count). The number of nitrogens with zero attached hydrogens (tertiary/aromatic N) is 3. The van der Waals surface area contributed by atoms with Crippen molar-refractivity contribution in [1.82, 2.24) is 9.66 Å². The minimum absolute atomic E-state index is 0.801. The van der Waals surface area contributed by atoms with Crippen LogP contribution in [0.2, 0.25) is 0 Å². The van der Waals surface area contributed by atoms with Gasteiger partial charge in [0.1, 0.15) is 4.64 Å². The monoisotopic (exact) mass is 247 g/mol. The summed E-state index contributed by atoms with van der Waals surface area (Å²) in [6.07, 6.45) is 4.14. The lowest BCUT2D eigenvalue weighted by Crippen LogP contribution is -2.32. The van der Waals surface area contributed by atoms with Crippen molar-refractivity contribution in [3.05, 3.63) is 35.1 Å². The molecule has 90 valence electrons. The van der Waals surface area contributed by atoms with Gasteiger partial charge in [-0.3, -0.25) is 0 Å². The van der Waals surface area contributed by atoms with Crippen LogP contribution in [0.25, 0.3) is 11.0 Å². The molecule has 2 aromatic rings. The average Bonchev–Trinajstić information content (AvgIpc) is 2.35. The van der Waals surface area contributed by atoms with Gasteiger partial charge in [-0.25, -0.2) is 9.66 Å². The highest BCUT2D eigenvalue weighted by Crippen LogP contribution is 2.12. The number of unbranched alkanes of at least 4 members (excludes halogenated alkanes) is 1. The summed E-state index contributed by atoms with van der Waals surface area (Å²) in [6, 6.07) is 7.99. The summed E-state index contributed by atoms with van der Waals surface area (Å²) in [4.78, 5) is 4.43. The topological polar surface area (TPSA) is 21.1 Å². The maximum atomic E-state index is 5.39. The van der Waals surface area contributed by atoms with Gasteiger partial charge in [0, 0.05) is 25.2 Å². The zero-order chi connectivity index (χ0) is 12.3. The van der Waals surface area contributed by atoms with Crippen molar-refractivity contribution in [2.24, 2.45) is 0 Å². The lowest BCUT2D eigenvalue weighted by molar-refractivity contribution is 0.620. The molecule has 2 heterocycles. The van der Waals surface area contributed by atoms with Crippen LogP contribution in [0.4, 0.5) is 0 Å². The predicted molar refractivity (Wildman–Crippen MR) is 74.5 cm³/mol. The van der Waals surface area contributed by atoms with Crippen LogP contribution in [0.15, 0.2) is 30.5 Å². The smallest absolute Gasteiger partial charge is 0.159 e. The molecule has 3 nitrogen and oxygen atoms in total. The number of fused-ring (bicyclic) bond motifs is 1. The standard InChI is InChI=1S/C13H17N3S/c1-3-4-10-15(2)16-12(17)8-7-11-6-5-9-14-13(11)16/h5-9H,3-4,10H2,1-2H3. The molecule has 2 aromatic heterocycles. The summed E-state index contributed by atoms with van der Waals surface area (Å²) in [6.45, 7) is 3.18. The lowest BCUT2D eigenvalue weighted by atomic mass is 10.3. The molecule has 0 bridgehead atoms. The molecule has 0 atom stereocenters. The van der Waals surface area contributed by atoms with Crippen molar-refractivity contribution in [3.8, 4) is 0 Å². The van der Waals surface area contributed by atoms with Crippen LogP contribution in [-0.2, 0) is 0 Å². The molecule has 0 saturated carbocycles. The van der Waals surface area contributed by atoms with Gasteiger partial charge in [-0.1, -0.05) is 25.6 Å². The Hall–Kier alpha value is -1.42. The van der Waals surface area contributed by atoms with E-state index in [2.05, 4.69) is 30.0 Å². The summed E-state index contributed by atoms with van der Waals surface area (Å²) in [5.41, 5.74) is 0.929. The summed E-state index contributed by atoms with van der Waals surface area (Å²) < 4.78 is 2.81. The molecule has 17 heavy (non-hydrogen) atoms. The Morgan fingerprint density at radius 2 is 2.18 bits per heavy atom. The molecule has 0 aliphatic rings. The molecule has 0 aliphatic carbocycles. The van der Waals surface area contributed by atoms with E-state index in [0.29, 0.717) is 0 Å². The van der Waals surface area contributed by atoms with E-state index in [1.165, 1.54) is 6.42 Å². The van der Waals surface area contributed by atoms with E-state index in [1.54, 1.807) is 6.20 Å². The molecule has 0 amide bonds. The minimum atomic E-state index is 0.801. The van der Waals surface area contributed by atoms with E-state index in [1.807, 2.05) is 22.9 Å². The first kappa shape index (κ1) is 12.0. The summed E-state index contributed by atoms with van der Waals surface area (Å²) in [7, 11) is 2.06. The van der Waals surface area contributed by atoms with E-state index < -0.39 is 0 Å². The Kier molecular flexibility index (Phi) is 3.74. The fourth-order valence-corrected chi connectivity index (χ4v) is 2.16. The first-order chi connectivity index (χ1) is 8.24. The zero-order valence-electron chi connectivity index (χ0n) is 10.3. The van der Waals surface area contributed by atoms with E-state index in [4.69, 9.17) is 12.2 Å². The third kappa shape index (κ3) is 2.47. The van der Waals surface area contributed by atoms with Gasteiger partial charge in [0.25, 0.3) is 0 Å². The van der Waals surface area contributed by atoms with Gasteiger partial charge in [0.2, 0.25) is 0 Å². The SMILES string of the molecule is CCCCN(C)n1c(=S)ccc2cccnc21. The van der Waals surface area contributed by atoms with Crippen molar-refractivity contribution < 1.29 is 0 Å². The normalized spacial score (nSPS) is 10.7. The molecule has 0 aliphatic heterocycles. The van der Waals surface area contributed by atoms with Crippen molar-refractivity contribution in [2.45, 2.75) is 19.8 Å². The molecule has 0 saturated heterocycles. The van der Waals surface area contributed by atoms with Gasteiger partial charge in [0.15, 0.2) is 5.65 Å². The van der Waals surface area contributed by atoms with E-state index in [0.717, 1.165) is 28.6 Å².